The Kier molecular flexibility index (Phi) is 4.73. The van der Waals surface area contributed by atoms with Gasteiger partial charge in [0.25, 0.3) is 0 Å². The second kappa shape index (κ2) is 6.93. The van der Waals surface area contributed by atoms with Crippen LogP contribution in [0.1, 0.15) is 6.92 Å². The molecule has 0 aliphatic heterocycles. The van der Waals surface area contributed by atoms with Gasteiger partial charge < -0.3 is 5.32 Å². The number of halogens is 1. The molecule has 0 saturated heterocycles. The molecular weight excluding hydrogens is 336 g/mol. The molecule has 23 heavy (non-hydrogen) atoms. The first-order valence-corrected chi connectivity index (χ1v) is 8.26. The monoisotopic (exact) mass is 348 g/mol. The van der Waals surface area contributed by atoms with E-state index in [0.29, 0.717) is 33.4 Å². The molecule has 0 aliphatic carbocycles. The SMILES string of the molecule is CCn1nnc2c(SCC(=O)Nc3cccc(Cl)c3)ncnc21. The molecule has 0 spiro atoms. The molecule has 2 aromatic heterocycles. The lowest BCUT2D eigenvalue weighted by Crippen LogP contribution is -2.14. The Bertz CT molecular complexity index is 852. The Morgan fingerprint density at radius 2 is 2.26 bits per heavy atom. The molecule has 0 bridgehead atoms. The van der Waals surface area contributed by atoms with Crippen molar-refractivity contribution in [1.29, 1.82) is 0 Å². The number of thioether (sulfide) groups is 1. The number of aromatic nitrogens is 5. The molecule has 0 unspecified atom stereocenters. The molecule has 118 valence electrons. The quantitative estimate of drug-likeness (QED) is 0.563. The van der Waals surface area contributed by atoms with Crippen LogP contribution >= 0.6 is 23.4 Å². The average Bonchev–Trinajstić information content (AvgIpc) is 2.96. The minimum absolute atomic E-state index is 0.146. The van der Waals surface area contributed by atoms with E-state index in [9.17, 15) is 4.79 Å². The van der Waals surface area contributed by atoms with Gasteiger partial charge in [0.1, 0.15) is 11.4 Å². The number of hydrogen-bond donors (Lipinski definition) is 1. The third-order valence-corrected chi connectivity index (χ3v) is 4.23. The van der Waals surface area contributed by atoms with Crippen LogP contribution in [0.25, 0.3) is 11.2 Å². The number of amides is 1. The first kappa shape index (κ1) is 15.7. The zero-order chi connectivity index (χ0) is 16.2. The van der Waals surface area contributed by atoms with Gasteiger partial charge in [-0.2, -0.15) is 0 Å². The molecule has 0 saturated carbocycles. The summed E-state index contributed by atoms with van der Waals surface area (Å²) >= 11 is 7.18. The highest BCUT2D eigenvalue weighted by molar-refractivity contribution is 8.00. The van der Waals surface area contributed by atoms with Crippen molar-refractivity contribution in [3.8, 4) is 0 Å². The van der Waals surface area contributed by atoms with Crippen LogP contribution in [0.15, 0.2) is 35.6 Å². The summed E-state index contributed by atoms with van der Waals surface area (Å²) in [5.74, 6) is 0.0596. The summed E-state index contributed by atoms with van der Waals surface area (Å²) in [5, 5.41) is 12.1. The Morgan fingerprint density at radius 3 is 3.04 bits per heavy atom. The summed E-state index contributed by atoms with van der Waals surface area (Å²) in [6.07, 6.45) is 1.45. The number of fused-ring (bicyclic) bond motifs is 1. The first-order valence-electron chi connectivity index (χ1n) is 6.89. The molecule has 1 amide bonds. The molecule has 3 aromatic rings. The lowest BCUT2D eigenvalue weighted by Gasteiger charge is -2.05. The number of aryl methyl sites for hydroxylation is 1. The molecule has 0 atom stereocenters. The Morgan fingerprint density at radius 1 is 1.39 bits per heavy atom. The lowest BCUT2D eigenvalue weighted by atomic mass is 10.3. The molecule has 9 heteroatoms. The summed E-state index contributed by atoms with van der Waals surface area (Å²) < 4.78 is 1.69. The Balaban J connectivity index is 1.68. The molecule has 2 heterocycles. The van der Waals surface area contributed by atoms with E-state index in [1.165, 1.54) is 18.1 Å². The maximum absolute atomic E-state index is 12.0. The molecule has 1 aromatic carbocycles. The Hall–Kier alpha value is -2.19. The average molecular weight is 349 g/mol. The van der Waals surface area contributed by atoms with Crippen molar-refractivity contribution in [1.82, 2.24) is 25.0 Å². The van der Waals surface area contributed by atoms with Gasteiger partial charge in [-0.05, 0) is 25.1 Å². The minimum Gasteiger partial charge on any atom is -0.325 e. The fourth-order valence-corrected chi connectivity index (χ4v) is 2.91. The van der Waals surface area contributed by atoms with E-state index >= 15 is 0 Å². The number of rotatable bonds is 5. The van der Waals surface area contributed by atoms with E-state index in [2.05, 4.69) is 25.6 Å². The summed E-state index contributed by atoms with van der Waals surface area (Å²) in [7, 11) is 0. The topological polar surface area (TPSA) is 85.6 Å². The first-order chi connectivity index (χ1) is 11.2. The van der Waals surface area contributed by atoms with Crippen molar-refractivity contribution in [3.63, 3.8) is 0 Å². The smallest absolute Gasteiger partial charge is 0.234 e. The Labute approximate surface area is 141 Å². The largest absolute Gasteiger partial charge is 0.325 e. The fraction of sp³-hybridized carbons (Fsp3) is 0.214. The van der Waals surface area contributed by atoms with Gasteiger partial charge in [0, 0.05) is 17.3 Å². The molecule has 0 fully saturated rings. The number of nitrogens with zero attached hydrogens (tertiary/aromatic N) is 5. The number of nitrogens with one attached hydrogen (secondary N) is 1. The number of benzene rings is 1. The molecule has 7 nitrogen and oxygen atoms in total. The second-order valence-corrected chi connectivity index (χ2v) is 6.00. The lowest BCUT2D eigenvalue weighted by molar-refractivity contribution is -0.113. The predicted octanol–water partition coefficient (Wildman–Crippen LogP) is 2.63. The molecular formula is C14H13ClN6OS. The zero-order valence-corrected chi connectivity index (χ0v) is 13.8. The van der Waals surface area contributed by atoms with E-state index in [1.54, 1.807) is 28.9 Å². The van der Waals surface area contributed by atoms with Crippen molar-refractivity contribution in [2.24, 2.45) is 0 Å². The van der Waals surface area contributed by atoms with Crippen LogP contribution in [0.5, 0.6) is 0 Å². The van der Waals surface area contributed by atoms with Crippen LogP contribution in [-0.2, 0) is 11.3 Å². The summed E-state index contributed by atoms with van der Waals surface area (Å²) in [6.45, 7) is 2.63. The maximum atomic E-state index is 12.0. The normalized spacial score (nSPS) is 10.9. The predicted molar refractivity (Wildman–Crippen MR) is 89.6 cm³/mol. The molecule has 0 aliphatic rings. The molecule has 0 radical (unpaired) electrons. The van der Waals surface area contributed by atoms with Crippen LogP contribution in [0.3, 0.4) is 0 Å². The highest BCUT2D eigenvalue weighted by atomic mass is 35.5. The van der Waals surface area contributed by atoms with Crippen LogP contribution in [-0.4, -0.2) is 36.6 Å². The van der Waals surface area contributed by atoms with Gasteiger partial charge in [0.15, 0.2) is 11.2 Å². The number of hydrogen-bond acceptors (Lipinski definition) is 6. The van der Waals surface area contributed by atoms with Gasteiger partial charge in [-0.1, -0.05) is 34.6 Å². The van der Waals surface area contributed by atoms with Gasteiger partial charge in [-0.25, -0.2) is 14.6 Å². The zero-order valence-electron chi connectivity index (χ0n) is 12.2. The molecule has 3 rings (SSSR count). The number of carbonyl (C=O) groups excluding carboxylic acids is 1. The summed E-state index contributed by atoms with van der Waals surface area (Å²) in [6, 6.07) is 7.01. The third kappa shape index (κ3) is 3.59. The third-order valence-electron chi connectivity index (χ3n) is 3.01. The van der Waals surface area contributed by atoms with Crippen molar-refractivity contribution in [2.75, 3.05) is 11.1 Å². The highest BCUT2D eigenvalue weighted by Gasteiger charge is 2.13. The van der Waals surface area contributed by atoms with E-state index < -0.39 is 0 Å². The van der Waals surface area contributed by atoms with E-state index in [-0.39, 0.29) is 11.7 Å². The van der Waals surface area contributed by atoms with Gasteiger partial charge in [0.2, 0.25) is 5.91 Å². The van der Waals surface area contributed by atoms with Gasteiger partial charge in [-0.15, -0.1) is 5.10 Å². The van der Waals surface area contributed by atoms with Crippen LogP contribution in [0.4, 0.5) is 5.69 Å². The van der Waals surface area contributed by atoms with Crippen molar-refractivity contribution in [3.05, 3.63) is 35.6 Å². The van der Waals surface area contributed by atoms with Crippen molar-refractivity contribution >= 4 is 46.1 Å². The van der Waals surface area contributed by atoms with E-state index in [4.69, 9.17) is 11.6 Å². The summed E-state index contributed by atoms with van der Waals surface area (Å²) in [5.41, 5.74) is 1.93. The van der Waals surface area contributed by atoms with Crippen LogP contribution in [0, 0.1) is 0 Å². The van der Waals surface area contributed by atoms with Crippen molar-refractivity contribution < 1.29 is 4.79 Å². The number of anilines is 1. The van der Waals surface area contributed by atoms with Crippen LogP contribution in [0.2, 0.25) is 5.02 Å². The van der Waals surface area contributed by atoms with E-state index in [1.807, 2.05) is 6.92 Å². The van der Waals surface area contributed by atoms with Gasteiger partial charge in [-0.3, -0.25) is 4.79 Å². The standard InChI is InChI=1S/C14H13ClN6OS/c1-2-21-13-12(19-20-21)14(17-8-16-13)23-7-11(22)18-10-5-3-4-9(15)6-10/h3-6,8H,2,7H2,1H3,(H,18,22). The number of carbonyl (C=O) groups is 1. The van der Waals surface area contributed by atoms with Crippen LogP contribution < -0.4 is 5.32 Å². The summed E-state index contributed by atoms with van der Waals surface area (Å²) in [4.78, 5) is 20.4. The second-order valence-electron chi connectivity index (χ2n) is 4.60. The van der Waals surface area contributed by atoms with E-state index in [0.717, 1.165) is 0 Å². The van der Waals surface area contributed by atoms with Crippen molar-refractivity contribution in [2.45, 2.75) is 18.5 Å². The maximum Gasteiger partial charge on any atom is 0.234 e. The molecule has 1 N–H and O–H groups in total. The fourth-order valence-electron chi connectivity index (χ4n) is 1.99. The van der Waals surface area contributed by atoms with Gasteiger partial charge >= 0.3 is 0 Å². The minimum atomic E-state index is -0.146. The highest BCUT2D eigenvalue weighted by Crippen LogP contribution is 2.23. The van der Waals surface area contributed by atoms with Gasteiger partial charge in [0.05, 0.1) is 5.75 Å².